The van der Waals surface area contributed by atoms with Crippen LogP contribution in [0.25, 0.3) is 0 Å². The van der Waals surface area contributed by atoms with Crippen molar-refractivity contribution >= 4 is 16.2 Å². The van der Waals surface area contributed by atoms with Crippen LogP contribution in [0.2, 0.25) is 0 Å². The van der Waals surface area contributed by atoms with Crippen molar-refractivity contribution in [3.8, 4) is 11.5 Å². The van der Waals surface area contributed by atoms with Crippen molar-refractivity contribution in [1.29, 1.82) is 0 Å². The minimum atomic E-state index is -3.79. The number of phenols is 2. The number of rotatable bonds is 3. The zero-order chi connectivity index (χ0) is 13.9. The summed E-state index contributed by atoms with van der Waals surface area (Å²) in [5, 5.41) is 18.2. The smallest absolute Gasteiger partial charge is 0.282 e. The van der Waals surface area contributed by atoms with Crippen LogP contribution in [0, 0.1) is 0 Å². The molecule has 0 bridgehead atoms. The van der Waals surface area contributed by atoms with Crippen molar-refractivity contribution in [2.24, 2.45) is 4.40 Å². The van der Waals surface area contributed by atoms with E-state index in [9.17, 15) is 8.42 Å². The van der Waals surface area contributed by atoms with Crippen molar-refractivity contribution in [2.75, 3.05) is 0 Å². The summed E-state index contributed by atoms with van der Waals surface area (Å²) in [6.45, 7) is 0. The normalized spacial score (nSPS) is 11.8. The zero-order valence-electron chi connectivity index (χ0n) is 9.76. The summed E-state index contributed by atoms with van der Waals surface area (Å²) in [6.07, 6.45) is 1.20. The fourth-order valence-corrected chi connectivity index (χ4v) is 2.23. The van der Waals surface area contributed by atoms with E-state index < -0.39 is 10.0 Å². The van der Waals surface area contributed by atoms with Gasteiger partial charge in [0.05, 0.1) is 4.90 Å². The molecular weight excluding hydrogens is 266 g/mol. The van der Waals surface area contributed by atoms with Gasteiger partial charge in [-0.3, -0.25) is 0 Å². The van der Waals surface area contributed by atoms with E-state index in [0.29, 0.717) is 5.56 Å². The highest BCUT2D eigenvalue weighted by Crippen LogP contribution is 2.16. The van der Waals surface area contributed by atoms with Gasteiger partial charge in [0.15, 0.2) is 0 Å². The molecule has 0 aliphatic carbocycles. The summed E-state index contributed by atoms with van der Waals surface area (Å²) in [4.78, 5) is 0.000304. The largest absolute Gasteiger partial charge is 0.508 e. The molecule has 5 nitrogen and oxygen atoms in total. The predicted molar refractivity (Wildman–Crippen MR) is 71.0 cm³/mol. The highest BCUT2D eigenvalue weighted by atomic mass is 32.2. The lowest BCUT2D eigenvalue weighted by atomic mass is 10.2. The summed E-state index contributed by atoms with van der Waals surface area (Å²) in [6, 6.07) is 11.1. The lowest BCUT2D eigenvalue weighted by Gasteiger charge is -1.99. The van der Waals surface area contributed by atoms with Gasteiger partial charge in [-0.05, 0) is 54.1 Å². The molecule has 6 heteroatoms. The number of hydrogen-bond acceptors (Lipinski definition) is 4. The molecule has 0 spiro atoms. The molecular formula is C13H11NO4S. The molecule has 0 aliphatic rings. The first-order valence-electron chi connectivity index (χ1n) is 5.36. The van der Waals surface area contributed by atoms with Crippen LogP contribution in [-0.2, 0) is 10.0 Å². The van der Waals surface area contributed by atoms with Crippen LogP contribution in [-0.4, -0.2) is 24.8 Å². The SMILES string of the molecule is O=S(=O)(N=Cc1ccc(O)cc1)c1ccc(O)cc1. The molecule has 2 aromatic rings. The Morgan fingerprint density at radius 2 is 1.32 bits per heavy atom. The minimum absolute atomic E-state index is 0.000304. The molecule has 0 atom stereocenters. The summed E-state index contributed by atoms with van der Waals surface area (Å²) < 4.78 is 27.2. The summed E-state index contributed by atoms with van der Waals surface area (Å²) >= 11 is 0. The third-order valence-electron chi connectivity index (χ3n) is 2.37. The van der Waals surface area contributed by atoms with E-state index in [4.69, 9.17) is 10.2 Å². The van der Waals surface area contributed by atoms with Crippen molar-refractivity contribution < 1.29 is 18.6 Å². The first-order chi connectivity index (χ1) is 8.97. The molecule has 0 saturated carbocycles. The Labute approximate surface area is 110 Å². The lowest BCUT2D eigenvalue weighted by Crippen LogP contribution is -1.97. The van der Waals surface area contributed by atoms with Gasteiger partial charge in [0.25, 0.3) is 10.0 Å². The minimum Gasteiger partial charge on any atom is -0.508 e. The number of hydrogen-bond donors (Lipinski definition) is 2. The molecule has 0 fully saturated rings. The van der Waals surface area contributed by atoms with E-state index >= 15 is 0 Å². The number of benzene rings is 2. The monoisotopic (exact) mass is 277 g/mol. The standard InChI is InChI=1S/C13H11NO4S/c15-11-3-1-10(2-4-11)9-14-19(17,18)13-7-5-12(16)6-8-13/h1-9,15-16H. The molecule has 2 N–H and O–H groups in total. The van der Waals surface area contributed by atoms with Gasteiger partial charge >= 0.3 is 0 Å². The van der Waals surface area contributed by atoms with Gasteiger partial charge < -0.3 is 10.2 Å². The third kappa shape index (κ3) is 3.32. The van der Waals surface area contributed by atoms with Gasteiger partial charge in [0.1, 0.15) is 11.5 Å². The third-order valence-corrected chi connectivity index (χ3v) is 3.62. The van der Waals surface area contributed by atoms with Crippen LogP contribution in [0.15, 0.2) is 57.8 Å². The first-order valence-corrected chi connectivity index (χ1v) is 6.80. The molecule has 0 aromatic heterocycles. The summed E-state index contributed by atoms with van der Waals surface area (Å²) in [7, 11) is -3.79. The van der Waals surface area contributed by atoms with Crippen molar-refractivity contribution in [3.63, 3.8) is 0 Å². The molecule has 98 valence electrons. The predicted octanol–water partition coefficient (Wildman–Crippen LogP) is 1.91. The van der Waals surface area contributed by atoms with Crippen LogP contribution < -0.4 is 0 Å². The van der Waals surface area contributed by atoms with Gasteiger partial charge in [-0.2, -0.15) is 12.8 Å². The molecule has 19 heavy (non-hydrogen) atoms. The van der Waals surface area contributed by atoms with E-state index in [2.05, 4.69) is 4.40 Å². The molecule has 2 aromatic carbocycles. The first kappa shape index (κ1) is 13.1. The Bertz CT molecular complexity index is 688. The second-order valence-corrected chi connectivity index (χ2v) is 5.43. The van der Waals surface area contributed by atoms with E-state index in [1.807, 2.05) is 0 Å². The van der Waals surface area contributed by atoms with Gasteiger partial charge in [0, 0.05) is 6.21 Å². The molecule has 2 rings (SSSR count). The number of phenolic OH excluding ortho intramolecular Hbond substituents is 2. The Hall–Kier alpha value is -2.34. The Morgan fingerprint density at radius 1 is 0.842 bits per heavy atom. The van der Waals surface area contributed by atoms with Crippen molar-refractivity contribution in [2.45, 2.75) is 4.90 Å². The fraction of sp³-hybridized carbons (Fsp3) is 0. The van der Waals surface area contributed by atoms with Crippen LogP contribution >= 0.6 is 0 Å². The topological polar surface area (TPSA) is 87.0 Å². The van der Waals surface area contributed by atoms with Crippen LogP contribution in [0.5, 0.6) is 11.5 Å². The van der Waals surface area contributed by atoms with Crippen molar-refractivity contribution in [3.05, 3.63) is 54.1 Å². The van der Waals surface area contributed by atoms with Crippen LogP contribution in [0.1, 0.15) is 5.56 Å². The highest BCUT2D eigenvalue weighted by molar-refractivity contribution is 7.90. The van der Waals surface area contributed by atoms with Gasteiger partial charge in [-0.15, -0.1) is 0 Å². The Kier molecular flexibility index (Phi) is 3.52. The van der Waals surface area contributed by atoms with E-state index in [-0.39, 0.29) is 16.4 Å². The lowest BCUT2D eigenvalue weighted by molar-refractivity contribution is 0.474. The van der Waals surface area contributed by atoms with Crippen molar-refractivity contribution in [1.82, 2.24) is 0 Å². The molecule has 0 radical (unpaired) electrons. The molecule has 0 saturated heterocycles. The van der Waals surface area contributed by atoms with Crippen LogP contribution in [0.4, 0.5) is 0 Å². The highest BCUT2D eigenvalue weighted by Gasteiger charge is 2.11. The average molecular weight is 277 g/mol. The van der Waals surface area contributed by atoms with Gasteiger partial charge in [0.2, 0.25) is 0 Å². The number of aromatic hydroxyl groups is 2. The maximum absolute atomic E-state index is 11.9. The second kappa shape index (κ2) is 5.11. The summed E-state index contributed by atoms with van der Waals surface area (Å²) in [5.74, 6) is 0.0833. The maximum Gasteiger partial charge on any atom is 0.282 e. The quantitative estimate of drug-likeness (QED) is 0.839. The fourth-order valence-electron chi connectivity index (χ4n) is 1.37. The Balaban J connectivity index is 2.26. The Morgan fingerprint density at radius 3 is 1.84 bits per heavy atom. The van der Waals surface area contributed by atoms with E-state index in [0.717, 1.165) is 0 Å². The molecule has 0 aliphatic heterocycles. The van der Waals surface area contributed by atoms with E-state index in [1.165, 1.54) is 42.6 Å². The van der Waals surface area contributed by atoms with Gasteiger partial charge in [-0.1, -0.05) is 0 Å². The summed E-state index contributed by atoms with van der Waals surface area (Å²) in [5.41, 5.74) is 0.556. The van der Waals surface area contributed by atoms with Gasteiger partial charge in [-0.25, -0.2) is 0 Å². The number of sulfonamides is 1. The average Bonchev–Trinajstić information content (AvgIpc) is 2.39. The zero-order valence-corrected chi connectivity index (χ0v) is 10.6. The second-order valence-electron chi connectivity index (χ2n) is 3.80. The molecule has 0 unspecified atom stereocenters. The molecule has 0 amide bonds. The van der Waals surface area contributed by atoms with E-state index in [1.54, 1.807) is 12.1 Å². The maximum atomic E-state index is 11.9. The molecule has 0 heterocycles. The number of nitrogens with zero attached hydrogens (tertiary/aromatic N) is 1. The van der Waals surface area contributed by atoms with Crippen LogP contribution in [0.3, 0.4) is 0 Å².